The molecule has 2 heterocycles. The van der Waals surface area contributed by atoms with E-state index < -0.39 is 10.8 Å². The van der Waals surface area contributed by atoms with E-state index in [2.05, 4.69) is 20.5 Å². The first-order valence-electron chi connectivity index (χ1n) is 5.64. The molecule has 0 radical (unpaired) electrons. The molecule has 102 valence electrons. The van der Waals surface area contributed by atoms with Crippen molar-refractivity contribution < 1.29 is 8.95 Å². The number of methoxy groups -OCH3 is 1. The molecule has 0 aliphatic heterocycles. The topological polar surface area (TPSA) is 82.8 Å². The minimum absolute atomic E-state index is 0.261. The molecule has 0 amide bonds. The number of ether oxygens (including phenoxy) is 1. The summed E-state index contributed by atoms with van der Waals surface area (Å²) in [5.74, 6) is 1.04. The SMILES string of the molecule is COc1c(C)cnc(CS(=O)c2nnnn2C)c1C. The van der Waals surface area contributed by atoms with Gasteiger partial charge in [0.25, 0.3) is 0 Å². The maximum atomic E-state index is 12.2. The molecule has 0 bridgehead atoms. The summed E-state index contributed by atoms with van der Waals surface area (Å²) < 4.78 is 18.9. The van der Waals surface area contributed by atoms with Crippen LogP contribution in [0, 0.1) is 13.8 Å². The van der Waals surface area contributed by atoms with E-state index in [0.717, 1.165) is 22.6 Å². The Bertz CT molecular complexity index is 626. The lowest BCUT2D eigenvalue weighted by molar-refractivity contribution is 0.407. The van der Waals surface area contributed by atoms with Crippen LogP contribution in [0.25, 0.3) is 0 Å². The first-order valence-corrected chi connectivity index (χ1v) is 6.96. The Morgan fingerprint density at radius 3 is 2.74 bits per heavy atom. The summed E-state index contributed by atoms with van der Waals surface area (Å²) in [7, 11) is 1.94. The van der Waals surface area contributed by atoms with Gasteiger partial charge in [-0.25, -0.2) is 4.68 Å². The highest BCUT2D eigenvalue weighted by Crippen LogP contribution is 2.25. The lowest BCUT2D eigenvalue weighted by Crippen LogP contribution is -2.08. The molecule has 2 rings (SSSR count). The van der Waals surface area contributed by atoms with Gasteiger partial charge < -0.3 is 4.74 Å². The number of hydrogen-bond donors (Lipinski definition) is 0. The summed E-state index contributed by atoms with van der Waals surface area (Å²) in [6.45, 7) is 3.83. The number of tetrazole rings is 1. The molecule has 0 aliphatic rings. The van der Waals surface area contributed by atoms with E-state index in [1.54, 1.807) is 20.4 Å². The zero-order chi connectivity index (χ0) is 14.0. The fraction of sp³-hybridized carbons (Fsp3) is 0.455. The number of hydrogen-bond acceptors (Lipinski definition) is 6. The average Bonchev–Trinajstić information content (AvgIpc) is 2.80. The smallest absolute Gasteiger partial charge is 0.239 e. The summed E-state index contributed by atoms with van der Waals surface area (Å²) >= 11 is 0. The Labute approximate surface area is 113 Å². The van der Waals surface area contributed by atoms with Crippen molar-refractivity contribution in [1.82, 2.24) is 25.2 Å². The van der Waals surface area contributed by atoms with Crippen LogP contribution in [0.15, 0.2) is 11.4 Å². The van der Waals surface area contributed by atoms with Crippen LogP contribution in [0.3, 0.4) is 0 Å². The van der Waals surface area contributed by atoms with Gasteiger partial charge in [-0.3, -0.25) is 9.19 Å². The molecule has 1 atom stereocenters. The van der Waals surface area contributed by atoms with E-state index in [1.165, 1.54) is 4.68 Å². The second kappa shape index (κ2) is 5.43. The van der Waals surface area contributed by atoms with E-state index in [1.807, 2.05) is 13.8 Å². The average molecular weight is 281 g/mol. The number of pyridine rings is 1. The largest absolute Gasteiger partial charge is 0.496 e. The molecule has 2 aromatic heterocycles. The van der Waals surface area contributed by atoms with Gasteiger partial charge in [0.2, 0.25) is 5.16 Å². The molecule has 0 saturated heterocycles. The highest BCUT2D eigenvalue weighted by atomic mass is 32.2. The maximum absolute atomic E-state index is 12.2. The standard InChI is InChI=1S/C11H15N5O2S/c1-7-5-12-9(8(2)10(7)18-4)6-19(17)11-13-14-15-16(11)3/h5H,6H2,1-4H3. The number of nitrogens with zero attached hydrogens (tertiary/aromatic N) is 5. The van der Waals surface area contributed by atoms with Crippen molar-refractivity contribution in [3.8, 4) is 5.75 Å². The van der Waals surface area contributed by atoms with E-state index in [-0.39, 0.29) is 5.75 Å². The van der Waals surface area contributed by atoms with E-state index in [9.17, 15) is 4.21 Å². The fourth-order valence-corrected chi connectivity index (χ4v) is 2.95. The van der Waals surface area contributed by atoms with Gasteiger partial charge in [-0.2, -0.15) is 0 Å². The van der Waals surface area contributed by atoms with Crippen LogP contribution in [0.1, 0.15) is 16.8 Å². The van der Waals surface area contributed by atoms with Crippen LogP contribution in [-0.2, 0) is 23.6 Å². The molecule has 1 unspecified atom stereocenters. The molecule has 0 aromatic carbocycles. The second-order valence-electron chi connectivity index (χ2n) is 4.12. The molecule has 19 heavy (non-hydrogen) atoms. The number of aromatic nitrogens is 5. The summed E-state index contributed by atoms with van der Waals surface area (Å²) in [4.78, 5) is 4.32. The highest BCUT2D eigenvalue weighted by molar-refractivity contribution is 7.84. The Kier molecular flexibility index (Phi) is 3.89. The molecule has 2 aromatic rings. The van der Waals surface area contributed by atoms with Crippen molar-refractivity contribution in [2.75, 3.05) is 7.11 Å². The summed E-state index contributed by atoms with van der Waals surface area (Å²) in [5.41, 5.74) is 2.57. The molecule has 0 fully saturated rings. The van der Waals surface area contributed by atoms with E-state index in [0.29, 0.717) is 5.16 Å². The van der Waals surface area contributed by atoms with Crippen molar-refractivity contribution in [2.24, 2.45) is 7.05 Å². The van der Waals surface area contributed by atoms with Gasteiger partial charge in [0, 0.05) is 24.4 Å². The van der Waals surface area contributed by atoms with Crippen molar-refractivity contribution in [3.05, 3.63) is 23.0 Å². The van der Waals surface area contributed by atoms with Crippen LogP contribution < -0.4 is 4.74 Å². The van der Waals surface area contributed by atoms with Gasteiger partial charge in [-0.1, -0.05) is 5.10 Å². The Hall–Kier alpha value is -1.83. The second-order valence-corrected chi connectivity index (χ2v) is 5.47. The minimum Gasteiger partial charge on any atom is -0.496 e. The first kappa shape index (κ1) is 13.6. The molecule has 7 nitrogen and oxygen atoms in total. The summed E-state index contributed by atoms with van der Waals surface area (Å²) in [5, 5.41) is 11.2. The number of aryl methyl sites for hydroxylation is 2. The van der Waals surface area contributed by atoms with Crippen molar-refractivity contribution in [2.45, 2.75) is 24.8 Å². The highest BCUT2D eigenvalue weighted by Gasteiger charge is 2.16. The third-order valence-corrected chi connectivity index (χ3v) is 4.09. The zero-order valence-electron chi connectivity index (χ0n) is 11.2. The van der Waals surface area contributed by atoms with Crippen molar-refractivity contribution in [1.29, 1.82) is 0 Å². The Morgan fingerprint density at radius 1 is 1.42 bits per heavy atom. The van der Waals surface area contributed by atoms with Crippen molar-refractivity contribution >= 4 is 10.8 Å². The zero-order valence-corrected chi connectivity index (χ0v) is 12.1. The molecule has 8 heteroatoms. The van der Waals surface area contributed by atoms with Gasteiger partial charge in [0.05, 0.1) is 29.4 Å². The molecule has 0 N–H and O–H groups in total. The van der Waals surface area contributed by atoms with Gasteiger partial charge in [0.15, 0.2) is 0 Å². The van der Waals surface area contributed by atoms with Crippen LogP contribution in [-0.4, -0.2) is 36.5 Å². The van der Waals surface area contributed by atoms with E-state index in [4.69, 9.17) is 4.74 Å². The Morgan fingerprint density at radius 2 is 2.16 bits per heavy atom. The monoisotopic (exact) mass is 281 g/mol. The van der Waals surface area contributed by atoms with Crippen molar-refractivity contribution in [3.63, 3.8) is 0 Å². The van der Waals surface area contributed by atoms with Crippen LogP contribution >= 0.6 is 0 Å². The van der Waals surface area contributed by atoms with Crippen LogP contribution in [0.2, 0.25) is 0 Å². The molecule has 0 aliphatic carbocycles. The van der Waals surface area contributed by atoms with Crippen LogP contribution in [0.5, 0.6) is 5.75 Å². The maximum Gasteiger partial charge on any atom is 0.239 e. The predicted octanol–water partition coefficient (Wildman–Crippen LogP) is 0.538. The lowest BCUT2D eigenvalue weighted by atomic mass is 10.1. The third-order valence-electron chi connectivity index (χ3n) is 2.80. The van der Waals surface area contributed by atoms with Gasteiger partial charge in [-0.15, -0.1) is 0 Å². The molecular weight excluding hydrogens is 266 g/mol. The van der Waals surface area contributed by atoms with Gasteiger partial charge >= 0.3 is 0 Å². The fourth-order valence-electron chi connectivity index (χ4n) is 1.82. The number of rotatable bonds is 4. The summed E-state index contributed by atoms with van der Waals surface area (Å²) in [6, 6.07) is 0. The minimum atomic E-state index is -1.33. The molecule has 0 spiro atoms. The van der Waals surface area contributed by atoms with Gasteiger partial charge in [0.1, 0.15) is 5.75 Å². The molecule has 0 saturated carbocycles. The Balaban J connectivity index is 2.30. The normalized spacial score (nSPS) is 12.4. The van der Waals surface area contributed by atoms with Gasteiger partial charge in [-0.05, 0) is 24.3 Å². The first-order chi connectivity index (χ1) is 9.04. The van der Waals surface area contributed by atoms with Crippen LogP contribution in [0.4, 0.5) is 0 Å². The predicted molar refractivity (Wildman–Crippen MR) is 69.2 cm³/mol. The lowest BCUT2D eigenvalue weighted by Gasteiger charge is -2.11. The third kappa shape index (κ3) is 2.62. The summed E-state index contributed by atoms with van der Waals surface area (Å²) in [6.07, 6.45) is 1.72. The van der Waals surface area contributed by atoms with E-state index >= 15 is 0 Å². The quantitative estimate of drug-likeness (QED) is 0.813. The molecular formula is C11H15N5O2S.